The van der Waals surface area contributed by atoms with Crippen LogP contribution < -0.4 is 5.32 Å². The third-order valence-corrected chi connectivity index (χ3v) is 3.66. The zero-order valence-corrected chi connectivity index (χ0v) is 11.6. The molecular formula is C11H8ClF4N3S. The van der Waals surface area contributed by atoms with E-state index in [9.17, 15) is 17.6 Å². The first kappa shape index (κ1) is 15.0. The topological polar surface area (TPSA) is 37.8 Å². The van der Waals surface area contributed by atoms with E-state index in [-0.39, 0.29) is 10.2 Å². The summed E-state index contributed by atoms with van der Waals surface area (Å²) in [6.07, 6.45) is -4.52. The molecule has 20 heavy (non-hydrogen) atoms. The van der Waals surface area contributed by atoms with Gasteiger partial charge in [0.15, 0.2) is 0 Å². The minimum absolute atomic E-state index is 0.0187. The fourth-order valence-corrected chi connectivity index (χ4v) is 2.54. The highest BCUT2D eigenvalue weighted by atomic mass is 35.5. The van der Waals surface area contributed by atoms with Gasteiger partial charge in [-0.3, -0.25) is 0 Å². The van der Waals surface area contributed by atoms with Crippen LogP contribution in [0.25, 0.3) is 0 Å². The molecule has 3 nitrogen and oxygen atoms in total. The summed E-state index contributed by atoms with van der Waals surface area (Å²) >= 11 is 6.27. The van der Waals surface area contributed by atoms with Gasteiger partial charge in [0.1, 0.15) is 5.82 Å². The first-order valence-electron chi connectivity index (χ1n) is 5.39. The smallest absolute Gasteiger partial charge is 0.354 e. The van der Waals surface area contributed by atoms with E-state index < -0.39 is 23.0 Å². The number of nitrogens with one attached hydrogen (secondary N) is 1. The van der Waals surface area contributed by atoms with Crippen molar-refractivity contribution in [1.29, 1.82) is 0 Å². The van der Waals surface area contributed by atoms with Crippen molar-refractivity contribution in [1.82, 2.24) is 10.2 Å². The minimum Gasteiger partial charge on any atom is -0.354 e. The summed E-state index contributed by atoms with van der Waals surface area (Å²) in [5.74, 6) is -0.485. The van der Waals surface area contributed by atoms with E-state index in [2.05, 4.69) is 15.5 Å². The summed E-state index contributed by atoms with van der Waals surface area (Å²) < 4.78 is 50.1. The van der Waals surface area contributed by atoms with Crippen molar-refractivity contribution in [2.45, 2.75) is 19.1 Å². The molecule has 108 valence electrons. The monoisotopic (exact) mass is 325 g/mol. The molecule has 0 aliphatic carbocycles. The van der Waals surface area contributed by atoms with Crippen LogP contribution in [0.15, 0.2) is 18.2 Å². The molecule has 2 rings (SSSR count). The van der Waals surface area contributed by atoms with Crippen LogP contribution in [0.5, 0.6) is 0 Å². The van der Waals surface area contributed by atoms with Gasteiger partial charge in [-0.05, 0) is 24.6 Å². The molecule has 0 fully saturated rings. The van der Waals surface area contributed by atoms with Gasteiger partial charge in [0.25, 0.3) is 0 Å². The van der Waals surface area contributed by atoms with Gasteiger partial charge in [0.2, 0.25) is 10.1 Å². The van der Waals surface area contributed by atoms with E-state index in [1.54, 1.807) is 6.92 Å². The van der Waals surface area contributed by atoms with Crippen LogP contribution in [0.3, 0.4) is 0 Å². The van der Waals surface area contributed by atoms with Crippen molar-refractivity contribution in [2.24, 2.45) is 0 Å². The lowest BCUT2D eigenvalue weighted by Gasteiger charge is -2.14. The van der Waals surface area contributed by atoms with Gasteiger partial charge < -0.3 is 5.32 Å². The summed E-state index contributed by atoms with van der Waals surface area (Å²) in [7, 11) is 0. The van der Waals surface area contributed by atoms with Gasteiger partial charge in [0.05, 0.1) is 6.04 Å². The number of hydrogen-bond acceptors (Lipinski definition) is 4. The number of aromatic nitrogens is 2. The van der Waals surface area contributed by atoms with E-state index in [0.29, 0.717) is 16.9 Å². The van der Waals surface area contributed by atoms with Gasteiger partial charge in [-0.2, -0.15) is 13.2 Å². The first-order chi connectivity index (χ1) is 9.27. The molecule has 1 heterocycles. The predicted molar refractivity (Wildman–Crippen MR) is 68.4 cm³/mol. The van der Waals surface area contributed by atoms with E-state index >= 15 is 0 Å². The number of rotatable bonds is 3. The molecule has 1 unspecified atom stereocenters. The van der Waals surface area contributed by atoms with Gasteiger partial charge >= 0.3 is 6.18 Å². The van der Waals surface area contributed by atoms with Gasteiger partial charge in [-0.15, -0.1) is 10.2 Å². The van der Waals surface area contributed by atoms with Crippen LogP contribution >= 0.6 is 22.9 Å². The highest BCUT2D eigenvalue weighted by Gasteiger charge is 2.35. The molecule has 0 saturated heterocycles. The summed E-state index contributed by atoms with van der Waals surface area (Å²) in [5, 5.41) is 8.40. The minimum atomic E-state index is -4.52. The highest BCUT2D eigenvalue weighted by molar-refractivity contribution is 7.15. The van der Waals surface area contributed by atoms with Gasteiger partial charge in [-0.1, -0.05) is 29.0 Å². The average molecular weight is 326 g/mol. The van der Waals surface area contributed by atoms with Crippen LogP contribution in [-0.2, 0) is 6.18 Å². The molecule has 0 saturated carbocycles. The Balaban J connectivity index is 2.15. The van der Waals surface area contributed by atoms with Crippen molar-refractivity contribution in [3.8, 4) is 0 Å². The summed E-state index contributed by atoms with van der Waals surface area (Å²) in [6.45, 7) is 1.67. The lowest BCUT2D eigenvalue weighted by Crippen LogP contribution is -2.07. The van der Waals surface area contributed by atoms with E-state index in [4.69, 9.17) is 11.6 Å². The maximum atomic E-state index is 12.9. The average Bonchev–Trinajstić information content (AvgIpc) is 2.76. The van der Waals surface area contributed by atoms with Crippen molar-refractivity contribution in [3.63, 3.8) is 0 Å². The first-order valence-corrected chi connectivity index (χ1v) is 6.59. The van der Waals surface area contributed by atoms with Gasteiger partial charge in [-0.25, -0.2) is 4.39 Å². The maximum Gasteiger partial charge on any atom is 0.445 e. The molecule has 0 bridgehead atoms. The normalized spacial score (nSPS) is 13.3. The van der Waals surface area contributed by atoms with Crippen molar-refractivity contribution < 1.29 is 17.6 Å². The number of halogens is 5. The lowest BCUT2D eigenvalue weighted by atomic mass is 10.1. The second-order valence-electron chi connectivity index (χ2n) is 3.94. The predicted octanol–water partition coefficient (Wildman–Crippen LogP) is 4.52. The Bertz CT molecular complexity index is 614. The highest BCUT2D eigenvalue weighted by Crippen LogP contribution is 2.34. The summed E-state index contributed by atoms with van der Waals surface area (Å²) in [5.41, 5.74) is 0.553. The van der Waals surface area contributed by atoms with Crippen LogP contribution in [-0.4, -0.2) is 10.2 Å². The number of hydrogen-bond donors (Lipinski definition) is 1. The Hall–Kier alpha value is -1.41. The largest absolute Gasteiger partial charge is 0.445 e. The zero-order chi connectivity index (χ0) is 14.9. The SMILES string of the molecule is CC(Nc1nnc(C(F)(F)F)s1)c1ccc(F)cc1Cl. The molecule has 0 aliphatic heterocycles. The third kappa shape index (κ3) is 3.37. The van der Waals surface area contributed by atoms with Crippen LogP contribution in [0, 0.1) is 5.82 Å². The van der Waals surface area contributed by atoms with E-state index in [1.807, 2.05) is 0 Å². The number of benzene rings is 1. The molecule has 0 spiro atoms. The molecule has 0 radical (unpaired) electrons. The van der Waals surface area contributed by atoms with Crippen LogP contribution in [0.1, 0.15) is 23.5 Å². The quantitative estimate of drug-likeness (QED) is 0.843. The summed E-state index contributed by atoms with van der Waals surface area (Å²) in [6, 6.07) is 3.38. The van der Waals surface area contributed by atoms with E-state index in [1.165, 1.54) is 12.1 Å². The molecule has 9 heteroatoms. The Labute approximate surface area is 120 Å². The summed E-state index contributed by atoms with van der Waals surface area (Å²) in [4.78, 5) is 0. The van der Waals surface area contributed by atoms with E-state index in [0.717, 1.165) is 6.07 Å². The van der Waals surface area contributed by atoms with Crippen molar-refractivity contribution in [2.75, 3.05) is 5.32 Å². The molecule has 1 atom stereocenters. The second kappa shape index (κ2) is 5.53. The van der Waals surface area contributed by atoms with Crippen LogP contribution in [0.2, 0.25) is 5.02 Å². The molecule has 1 aromatic carbocycles. The Morgan fingerprint density at radius 2 is 2.00 bits per heavy atom. The molecule has 2 aromatic rings. The zero-order valence-electron chi connectivity index (χ0n) is 10.0. The fraction of sp³-hybridized carbons (Fsp3) is 0.273. The molecule has 1 aromatic heterocycles. The molecule has 1 N–H and O–H groups in total. The molecule has 0 aliphatic rings. The molecule has 0 amide bonds. The lowest BCUT2D eigenvalue weighted by molar-refractivity contribution is -0.138. The standard InChI is InChI=1S/C11H8ClF4N3S/c1-5(7-3-2-6(13)4-8(7)12)17-10-19-18-9(20-10)11(14,15)16/h2-5H,1H3,(H,17,19). The maximum absolute atomic E-state index is 12.9. The fourth-order valence-electron chi connectivity index (χ4n) is 1.51. The number of alkyl halides is 3. The second-order valence-corrected chi connectivity index (χ2v) is 5.33. The Morgan fingerprint density at radius 1 is 1.30 bits per heavy atom. The van der Waals surface area contributed by atoms with Gasteiger partial charge in [0, 0.05) is 5.02 Å². The van der Waals surface area contributed by atoms with Crippen molar-refractivity contribution in [3.05, 3.63) is 39.6 Å². The Morgan fingerprint density at radius 3 is 2.55 bits per heavy atom. The van der Waals surface area contributed by atoms with Crippen LogP contribution in [0.4, 0.5) is 22.7 Å². The Kier molecular flexibility index (Phi) is 4.14. The number of anilines is 1. The third-order valence-electron chi connectivity index (χ3n) is 2.44. The number of nitrogens with zero attached hydrogens (tertiary/aromatic N) is 2. The van der Waals surface area contributed by atoms with Crippen molar-refractivity contribution >= 4 is 28.1 Å². The molecular weight excluding hydrogens is 318 g/mol.